The van der Waals surface area contributed by atoms with E-state index in [0.29, 0.717) is 0 Å². The van der Waals surface area contributed by atoms with Crippen molar-refractivity contribution in [2.75, 3.05) is 17.6 Å². The SMILES string of the molecule is Cc1cnc(NCCSCc2ccccc2C#N)s1. The first-order valence-electron chi connectivity index (χ1n) is 6.01. The van der Waals surface area contributed by atoms with E-state index in [2.05, 4.69) is 23.3 Å². The molecule has 2 aromatic rings. The predicted molar refractivity (Wildman–Crippen MR) is 82.7 cm³/mol. The fraction of sp³-hybridized carbons (Fsp3) is 0.286. The second kappa shape index (κ2) is 7.17. The normalized spacial score (nSPS) is 10.1. The largest absolute Gasteiger partial charge is 0.361 e. The van der Waals surface area contributed by atoms with E-state index in [9.17, 15) is 0 Å². The quantitative estimate of drug-likeness (QED) is 0.824. The number of thioether (sulfide) groups is 1. The first-order chi connectivity index (χ1) is 9.29. The molecule has 0 amide bonds. The van der Waals surface area contributed by atoms with Gasteiger partial charge in [0.15, 0.2) is 5.13 Å². The van der Waals surface area contributed by atoms with Gasteiger partial charge in [0.2, 0.25) is 0 Å². The summed E-state index contributed by atoms with van der Waals surface area (Å²) in [4.78, 5) is 5.47. The van der Waals surface area contributed by atoms with Crippen LogP contribution in [0, 0.1) is 18.3 Å². The molecule has 2 rings (SSSR count). The highest BCUT2D eigenvalue weighted by Crippen LogP contribution is 2.18. The van der Waals surface area contributed by atoms with Gasteiger partial charge in [-0.25, -0.2) is 4.98 Å². The summed E-state index contributed by atoms with van der Waals surface area (Å²) < 4.78 is 0. The van der Waals surface area contributed by atoms with Crippen molar-refractivity contribution in [2.45, 2.75) is 12.7 Å². The van der Waals surface area contributed by atoms with E-state index in [1.165, 1.54) is 4.88 Å². The highest BCUT2D eigenvalue weighted by Gasteiger charge is 2.01. The van der Waals surface area contributed by atoms with Crippen molar-refractivity contribution in [2.24, 2.45) is 0 Å². The third-order valence-electron chi connectivity index (χ3n) is 2.54. The number of aromatic nitrogens is 1. The Hall–Kier alpha value is -1.51. The molecular formula is C14H15N3S2. The fourth-order valence-electron chi connectivity index (χ4n) is 1.60. The number of nitrogens with zero attached hydrogens (tertiary/aromatic N) is 2. The van der Waals surface area contributed by atoms with E-state index in [1.807, 2.05) is 42.2 Å². The second-order valence-corrected chi connectivity index (χ2v) is 6.36. The van der Waals surface area contributed by atoms with Gasteiger partial charge in [0.1, 0.15) is 0 Å². The van der Waals surface area contributed by atoms with Crippen molar-refractivity contribution in [3.05, 3.63) is 46.5 Å². The molecule has 0 aliphatic carbocycles. The van der Waals surface area contributed by atoms with Crippen molar-refractivity contribution in [1.29, 1.82) is 5.26 Å². The average molecular weight is 289 g/mol. The lowest BCUT2D eigenvalue weighted by molar-refractivity contribution is 1.20. The molecule has 0 bridgehead atoms. The van der Waals surface area contributed by atoms with Crippen LogP contribution in [-0.2, 0) is 5.75 Å². The molecule has 0 radical (unpaired) electrons. The third-order valence-corrected chi connectivity index (χ3v) is 4.42. The topological polar surface area (TPSA) is 48.7 Å². The number of thiazole rings is 1. The molecule has 0 atom stereocenters. The zero-order valence-corrected chi connectivity index (χ0v) is 12.4. The zero-order chi connectivity index (χ0) is 13.5. The highest BCUT2D eigenvalue weighted by molar-refractivity contribution is 7.98. The number of aryl methyl sites for hydroxylation is 1. The number of anilines is 1. The van der Waals surface area contributed by atoms with Gasteiger partial charge in [-0.15, -0.1) is 11.3 Å². The number of nitrogens with one attached hydrogen (secondary N) is 1. The van der Waals surface area contributed by atoms with Crippen molar-refractivity contribution < 1.29 is 0 Å². The minimum Gasteiger partial charge on any atom is -0.361 e. The number of benzene rings is 1. The van der Waals surface area contributed by atoms with Gasteiger partial charge in [0, 0.05) is 29.1 Å². The highest BCUT2D eigenvalue weighted by atomic mass is 32.2. The fourth-order valence-corrected chi connectivity index (χ4v) is 3.16. The van der Waals surface area contributed by atoms with E-state index in [0.717, 1.165) is 34.3 Å². The van der Waals surface area contributed by atoms with Crippen LogP contribution in [0.2, 0.25) is 0 Å². The van der Waals surface area contributed by atoms with Gasteiger partial charge in [-0.05, 0) is 18.6 Å². The summed E-state index contributed by atoms with van der Waals surface area (Å²) in [7, 11) is 0. The van der Waals surface area contributed by atoms with Crippen LogP contribution in [0.3, 0.4) is 0 Å². The summed E-state index contributed by atoms with van der Waals surface area (Å²) in [5.74, 6) is 1.88. The van der Waals surface area contributed by atoms with Gasteiger partial charge in [-0.3, -0.25) is 0 Å². The molecule has 3 nitrogen and oxygen atoms in total. The van der Waals surface area contributed by atoms with Gasteiger partial charge >= 0.3 is 0 Å². The van der Waals surface area contributed by atoms with Gasteiger partial charge in [-0.1, -0.05) is 18.2 Å². The monoisotopic (exact) mass is 289 g/mol. The summed E-state index contributed by atoms with van der Waals surface area (Å²) in [6.45, 7) is 2.95. The van der Waals surface area contributed by atoms with E-state index in [1.54, 1.807) is 11.3 Å². The second-order valence-electron chi connectivity index (χ2n) is 4.02. The molecule has 98 valence electrons. The molecule has 0 saturated heterocycles. The number of hydrogen-bond acceptors (Lipinski definition) is 5. The van der Waals surface area contributed by atoms with Gasteiger partial charge in [0.25, 0.3) is 0 Å². The lowest BCUT2D eigenvalue weighted by atomic mass is 10.1. The Bertz CT molecular complexity index is 572. The Morgan fingerprint density at radius 1 is 1.42 bits per heavy atom. The Labute approximate surface area is 121 Å². The zero-order valence-electron chi connectivity index (χ0n) is 10.7. The molecule has 19 heavy (non-hydrogen) atoms. The van der Waals surface area contributed by atoms with Gasteiger partial charge < -0.3 is 5.32 Å². The molecule has 1 heterocycles. The first kappa shape index (κ1) is 13.9. The molecular weight excluding hydrogens is 274 g/mol. The van der Waals surface area contributed by atoms with Crippen molar-refractivity contribution in [3.8, 4) is 6.07 Å². The van der Waals surface area contributed by atoms with Gasteiger partial charge in [0.05, 0.1) is 11.6 Å². The lowest BCUT2D eigenvalue weighted by Gasteiger charge is -2.04. The summed E-state index contributed by atoms with van der Waals surface area (Å²) in [6.07, 6.45) is 1.88. The van der Waals surface area contributed by atoms with E-state index in [4.69, 9.17) is 5.26 Å². The smallest absolute Gasteiger partial charge is 0.182 e. The molecule has 0 aliphatic rings. The predicted octanol–water partition coefficient (Wildman–Crippen LogP) is 3.67. The molecule has 0 unspecified atom stereocenters. The molecule has 0 fully saturated rings. The molecule has 0 saturated carbocycles. The van der Waals surface area contributed by atoms with E-state index >= 15 is 0 Å². The first-order valence-corrected chi connectivity index (χ1v) is 7.99. The molecule has 1 aromatic heterocycles. The Morgan fingerprint density at radius 2 is 2.26 bits per heavy atom. The Kier molecular flexibility index (Phi) is 5.25. The summed E-state index contributed by atoms with van der Waals surface area (Å²) >= 11 is 3.50. The van der Waals surface area contributed by atoms with Crippen LogP contribution in [-0.4, -0.2) is 17.3 Å². The minimum atomic E-state index is 0.776. The minimum absolute atomic E-state index is 0.776. The number of hydrogen-bond donors (Lipinski definition) is 1. The van der Waals surface area contributed by atoms with Crippen LogP contribution in [0.15, 0.2) is 30.5 Å². The molecule has 1 N–H and O–H groups in total. The molecule has 5 heteroatoms. The van der Waals surface area contributed by atoms with Crippen molar-refractivity contribution in [1.82, 2.24) is 4.98 Å². The van der Waals surface area contributed by atoms with Crippen LogP contribution in [0.1, 0.15) is 16.0 Å². The molecule has 0 aliphatic heterocycles. The van der Waals surface area contributed by atoms with Crippen LogP contribution in [0.4, 0.5) is 5.13 Å². The van der Waals surface area contributed by atoms with Gasteiger partial charge in [-0.2, -0.15) is 17.0 Å². The van der Waals surface area contributed by atoms with Crippen LogP contribution in [0.25, 0.3) is 0 Å². The molecule has 0 spiro atoms. The van der Waals surface area contributed by atoms with Crippen molar-refractivity contribution in [3.63, 3.8) is 0 Å². The maximum atomic E-state index is 8.99. The van der Waals surface area contributed by atoms with Crippen molar-refractivity contribution >= 4 is 28.2 Å². The van der Waals surface area contributed by atoms with E-state index < -0.39 is 0 Å². The standard InChI is InChI=1S/C14H15N3S2/c1-11-9-17-14(19-11)16-6-7-18-10-13-5-3-2-4-12(13)8-15/h2-5,9H,6-7,10H2,1H3,(H,16,17). The Balaban J connectivity index is 1.71. The van der Waals surface area contributed by atoms with E-state index in [-0.39, 0.29) is 0 Å². The maximum Gasteiger partial charge on any atom is 0.182 e. The summed E-state index contributed by atoms with van der Waals surface area (Å²) in [5, 5.41) is 13.3. The summed E-state index contributed by atoms with van der Waals surface area (Å²) in [5.41, 5.74) is 1.89. The Morgan fingerprint density at radius 3 is 3.00 bits per heavy atom. The van der Waals surface area contributed by atoms with Crippen LogP contribution in [0.5, 0.6) is 0 Å². The third kappa shape index (κ3) is 4.27. The number of nitriles is 1. The average Bonchev–Trinajstić information content (AvgIpc) is 2.84. The van der Waals surface area contributed by atoms with Crippen LogP contribution >= 0.6 is 23.1 Å². The van der Waals surface area contributed by atoms with Crippen LogP contribution < -0.4 is 5.32 Å². The lowest BCUT2D eigenvalue weighted by Crippen LogP contribution is -2.03. The number of rotatable bonds is 6. The molecule has 1 aromatic carbocycles. The maximum absolute atomic E-state index is 8.99. The summed E-state index contributed by atoms with van der Waals surface area (Å²) in [6, 6.07) is 9.99.